The Hall–Kier alpha value is -0.590. The largest absolute Gasteiger partial charge is 0.315 e. The molecule has 1 unspecified atom stereocenters. The van der Waals surface area contributed by atoms with Crippen LogP contribution in [-0.2, 0) is 0 Å². The van der Waals surface area contributed by atoms with Crippen LogP contribution in [0.1, 0.15) is 71.1 Å². The van der Waals surface area contributed by atoms with Crippen molar-refractivity contribution >= 4 is 0 Å². The number of rotatable bonds is 15. The van der Waals surface area contributed by atoms with Gasteiger partial charge in [0.1, 0.15) is 0 Å². The van der Waals surface area contributed by atoms with Crippen molar-refractivity contribution in [3.8, 4) is 6.07 Å². The molecular formula is C18H37N3. The Morgan fingerprint density at radius 1 is 0.905 bits per heavy atom. The van der Waals surface area contributed by atoms with Gasteiger partial charge in [0.15, 0.2) is 0 Å². The van der Waals surface area contributed by atoms with Gasteiger partial charge in [-0.05, 0) is 27.1 Å². The maximum absolute atomic E-state index is 9.04. The number of hydrogen-bond acceptors (Lipinski definition) is 3. The Labute approximate surface area is 133 Å². The molecule has 21 heavy (non-hydrogen) atoms. The fourth-order valence-corrected chi connectivity index (χ4v) is 2.61. The topological polar surface area (TPSA) is 39.1 Å². The van der Waals surface area contributed by atoms with Gasteiger partial charge in [-0.1, -0.05) is 64.7 Å². The maximum atomic E-state index is 9.04. The summed E-state index contributed by atoms with van der Waals surface area (Å²) < 4.78 is 0. The molecule has 0 rings (SSSR count). The van der Waals surface area contributed by atoms with E-state index in [9.17, 15) is 0 Å². The molecule has 1 N–H and O–H groups in total. The molecule has 124 valence electrons. The minimum absolute atomic E-state index is 0.114. The zero-order valence-electron chi connectivity index (χ0n) is 14.7. The third-order valence-electron chi connectivity index (χ3n) is 3.87. The minimum atomic E-state index is 0.114. The second kappa shape index (κ2) is 15.8. The van der Waals surface area contributed by atoms with Gasteiger partial charge in [0.25, 0.3) is 0 Å². The van der Waals surface area contributed by atoms with Crippen molar-refractivity contribution < 1.29 is 0 Å². The van der Waals surface area contributed by atoms with Crippen LogP contribution in [0.2, 0.25) is 0 Å². The fourth-order valence-electron chi connectivity index (χ4n) is 2.61. The summed E-state index contributed by atoms with van der Waals surface area (Å²) in [6, 6.07) is 2.37. The summed E-state index contributed by atoms with van der Waals surface area (Å²) in [5, 5.41) is 12.5. The third kappa shape index (κ3) is 15.6. The van der Waals surface area contributed by atoms with Crippen LogP contribution in [0, 0.1) is 17.2 Å². The Kier molecular flexibility index (Phi) is 15.3. The molecule has 0 amide bonds. The average molecular weight is 296 g/mol. The second-order valence-electron chi connectivity index (χ2n) is 6.47. The van der Waals surface area contributed by atoms with E-state index in [-0.39, 0.29) is 5.92 Å². The number of unbranched alkanes of at least 4 members (excludes halogenated alkanes) is 9. The molecule has 3 nitrogen and oxygen atoms in total. The molecule has 0 bridgehead atoms. The molecule has 0 aliphatic heterocycles. The van der Waals surface area contributed by atoms with E-state index in [1.165, 1.54) is 64.2 Å². The average Bonchev–Trinajstić information content (AvgIpc) is 2.46. The predicted octanol–water partition coefficient (Wildman–Crippen LogP) is 4.20. The summed E-state index contributed by atoms with van der Waals surface area (Å²) in [5.41, 5.74) is 0. The number of nitrogens with zero attached hydrogens (tertiary/aromatic N) is 2. The highest BCUT2D eigenvalue weighted by Gasteiger charge is 2.07. The number of hydrogen-bond donors (Lipinski definition) is 1. The van der Waals surface area contributed by atoms with Gasteiger partial charge in [-0.2, -0.15) is 5.26 Å². The van der Waals surface area contributed by atoms with Crippen LogP contribution in [0.15, 0.2) is 0 Å². The standard InChI is InChI=1S/C18H37N3/c1-4-5-6-7-8-9-10-11-12-13-14-20-16-18(15-19)17-21(2)3/h18,20H,4-14,16-17H2,1-3H3. The molecule has 0 aromatic rings. The first-order valence-electron chi connectivity index (χ1n) is 8.95. The van der Waals surface area contributed by atoms with Gasteiger partial charge in [0, 0.05) is 13.1 Å². The summed E-state index contributed by atoms with van der Waals surface area (Å²) in [6.07, 6.45) is 13.8. The van der Waals surface area contributed by atoms with E-state index in [1.54, 1.807) is 0 Å². The lowest BCUT2D eigenvalue weighted by atomic mass is 10.1. The molecule has 1 atom stereocenters. The first-order valence-corrected chi connectivity index (χ1v) is 8.95. The zero-order valence-corrected chi connectivity index (χ0v) is 14.7. The molecule has 0 heterocycles. The van der Waals surface area contributed by atoms with Crippen LogP contribution >= 0.6 is 0 Å². The number of nitriles is 1. The van der Waals surface area contributed by atoms with Crippen LogP contribution < -0.4 is 5.32 Å². The normalized spacial score (nSPS) is 12.5. The highest BCUT2D eigenvalue weighted by atomic mass is 15.1. The Bertz CT molecular complexity index is 245. The van der Waals surface area contributed by atoms with Crippen molar-refractivity contribution in [1.29, 1.82) is 5.26 Å². The molecule has 0 saturated heterocycles. The van der Waals surface area contributed by atoms with Gasteiger partial charge >= 0.3 is 0 Å². The monoisotopic (exact) mass is 295 g/mol. The minimum Gasteiger partial charge on any atom is -0.315 e. The summed E-state index contributed by atoms with van der Waals surface area (Å²) >= 11 is 0. The van der Waals surface area contributed by atoms with Gasteiger partial charge < -0.3 is 10.2 Å². The summed E-state index contributed by atoms with van der Waals surface area (Å²) in [4.78, 5) is 2.08. The molecule has 0 spiro atoms. The molecule has 0 fully saturated rings. The van der Waals surface area contributed by atoms with E-state index in [1.807, 2.05) is 14.1 Å². The van der Waals surface area contributed by atoms with Crippen molar-refractivity contribution in [3.05, 3.63) is 0 Å². The van der Waals surface area contributed by atoms with Crippen LogP contribution in [0.5, 0.6) is 0 Å². The maximum Gasteiger partial charge on any atom is 0.0714 e. The molecule has 0 saturated carbocycles. The Morgan fingerprint density at radius 3 is 1.90 bits per heavy atom. The summed E-state index contributed by atoms with van der Waals surface area (Å²) in [6.45, 7) is 5.00. The third-order valence-corrected chi connectivity index (χ3v) is 3.87. The predicted molar refractivity (Wildman–Crippen MR) is 92.4 cm³/mol. The van der Waals surface area contributed by atoms with E-state index in [4.69, 9.17) is 5.26 Å². The Balaban J connectivity index is 3.20. The molecular weight excluding hydrogens is 258 g/mol. The van der Waals surface area contributed by atoms with Gasteiger partial charge in [0.05, 0.1) is 12.0 Å². The van der Waals surface area contributed by atoms with Crippen LogP contribution in [-0.4, -0.2) is 38.6 Å². The van der Waals surface area contributed by atoms with E-state index in [0.29, 0.717) is 0 Å². The first kappa shape index (κ1) is 20.4. The van der Waals surface area contributed by atoms with E-state index in [0.717, 1.165) is 19.6 Å². The lowest BCUT2D eigenvalue weighted by Crippen LogP contribution is -2.30. The molecule has 0 aromatic carbocycles. The lowest BCUT2D eigenvalue weighted by Gasteiger charge is -2.15. The van der Waals surface area contributed by atoms with E-state index < -0.39 is 0 Å². The molecule has 0 aliphatic rings. The van der Waals surface area contributed by atoms with Crippen molar-refractivity contribution in [2.75, 3.05) is 33.7 Å². The first-order chi connectivity index (χ1) is 10.2. The van der Waals surface area contributed by atoms with Crippen molar-refractivity contribution in [2.24, 2.45) is 5.92 Å². The summed E-state index contributed by atoms with van der Waals surface area (Å²) in [5.74, 6) is 0.114. The highest BCUT2D eigenvalue weighted by Crippen LogP contribution is 2.10. The highest BCUT2D eigenvalue weighted by molar-refractivity contribution is 4.85. The second-order valence-corrected chi connectivity index (χ2v) is 6.47. The van der Waals surface area contributed by atoms with E-state index >= 15 is 0 Å². The van der Waals surface area contributed by atoms with Gasteiger partial charge in [-0.3, -0.25) is 0 Å². The van der Waals surface area contributed by atoms with Crippen LogP contribution in [0.3, 0.4) is 0 Å². The molecule has 0 radical (unpaired) electrons. The zero-order chi connectivity index (χ0) is 15.8. The van der Waals surface area contributed by atoms with Crippen molar-refractivity contribution in [1.82, 2.24) is 10.2 Å². The molecule has 0 aliphatic carbocycles. The smallest absolute Gasteiger partial charge is 0.0714 e. The van der Waals surface area contributed by atoms with Gasteiger partial charge in [0.2, 0.25) is 0 Å². The number of nitrogens with one attached hydrogen (secondary N) is 1. The SMILES string of the molecule is CCCCCCCCCCCCNCC(C#N)CN(C)C. The van der Waals surface area contributed by atoms with Crippen LogP contribution in [0.4, 0.5) is 0 Å². The Morgan fingerprint density at radius 2 is 1.43 bits per heavy atom. The lowest BCUT2D eigenvalue weighted by molar-refractivity contribution is 0.353. The fraction of sp³-hybridized carbons (Fsp3) is 0.944. The van der Waals surface area contributed by atoms with Crippen molar-refractivity contribution in [3.63, 3.8) is 0 Å². The van der Waals surface area contributed by atoms with Gasteiger partial charge in [-0.15, -0.1) is 0 Å². The molecule has 3 heteroatoms. The van der Waals surface area contributed by atoms with Crippen molar-refractivity contribution in [2.45, 2.75) is 71.1 Å². The summed E-state index contributed by atoms with van der Waals surface area (Å²) in [7, 11) is 4.04. The molecule has 0 aromatic heterocycles. The van der Waals surface area contributed by atoms with E-state index in [2.05, 4.69) is 23.2 Å². The van der Waals surface area contributed by atoms with Gasteiger partial charge in [-0.25, -0.2) is 0 Å². The van der Waals surface area contributed by atoms with Crippen LogP contribution in [0.25, 0.3) is 0 Å². The quantitative estimate of drug-likeness (QED) is 0.460.